The van der Waals surface area contributed by atoms with Gasteiger partial charge in [0.1, 0.15) is 0 Å². The molecule has 1 aliphatic carbocycles. The number of hydrogen-bond acceptors (Lipinski definition) is 6. The Morgan fingerprint density at radius 2 is 1.72 bits per heavy atom. The van der Waals surface area contributed by atoms with Crippen LogP contribution in [-0.2, 0) is 27.1 Å². The number of carboxylic acids is 1. The standard InChI is InChI=1S/C10H13NO4.C10H11NO3/c1-15-10(14)8-6-11-5-7(8)3-2-4-9(12)13;1-14-10(13)7-5-11-9-6(7)3-2-4-8(9)12/h5-6,11H,2-4H2,1H3,(H,12,13);5,11H,2-4H2,1H3. The predicted octanol–water partition coefficient (Wildman–Crippen LogP) is 2.53. The van der Waals surface area contributed by atoms with E-state index in [2.05, 4.69) is 19.4 Å². The second-order valence-electron chi connectivity index (χ2n) is 6.46. The fourth-order valence-electron chi connectivity index (χ4n) is 3.14. The van der Waals surface area contributed by atoms with Crippen LogP contribution >= 0.6 is 0 Å². The fourth-order valence-corrected chi connectivity index (χ4v) is 3.14. The summed E-state index contributed by atoms with van der Waals surface area (Å²) in [6.45, 7) is 0. The summed E-state index contributed by atoms with van der Waals surface area (Å²) in [7, 11) is 2.66. The molecule has 9 heteroatoms. The number of Topliss-reactive ketones (excluding diaryl/α,β-unsaturated/α-hetero) is 1. The van der Waals surface area contributed by atoms with Gasteiger partial charge in [0.2, 0.25) is 0 Å². The number of ether oxygens (including phenoxy) is 2. The quantitative estimate of drug-likeness (QED) is 0.629. The Balaban J connectivity index is 0.000000207. The monoisotopic (exact) mass is 404 g/mol. The number of H-pyrrole nitrogens is 2. The molecular weight excluding hydrogens is 380 g/mol. The first kappa shape index (κ1) is 21.9. The minimum atomic E-state index is -0.829. The maximum atomic E-state index is 11.4. The molecule has 1 aliphatic rings. The highest BCUT2D eigenvalue weighted by molar-refractivity contribution is 6.01. The number of aromatic amines is 2. The molecule has 0 saturated carbocycles. The third-order valence-corrected chi connectivity index (χ3v) is 4.58. The van der Waals surface area contributed by atoms with E-state index in [0.717, 1.165) is 24.0 Å². The molecule has 3 rings (SSSR count). The summed E-state index contributed by atoms with van der Waals surface area (Å²) in [5, 5.41) is 8.47. The molecule has 0 unspecified atom stereocenters. The molecule has 0 amide bonds. The number of ketones is 1. The van der Waals surface area contributed by atoms with Gasteiger partial charge in [0.05, 0.1) is 31.0 Å². The van der Waals surface area contributed by atoms with Crippen molar-refractivity contribution in [1.29, 1.82) is 0 Å². The van der Waals surface area contributed by atoms with E-state index in [9.17, 15) is 19.2 Å². The van der Waals surface area contributed by atoms with Crippen LogP contribution < -0.4 is 0 Å². The molecule has 0 radical (unpaired) electrons. The number of aromatic nitrogens is 2. The summed E-state index contributed by atoms with van der Waals surface area (Å²) >= 11 is 0. The van der Waals surface area contributed by atoms with Gasteiger partial charge < -0.3 is 24.5 Å². The van der Waals surface area contributed by atoms with Crippen molar-refractivity contribution in [1.82, 2.24) is 9.97 Å². The number of aryl methyl sites for hydroxylation is 1. The molecule has 0 bridgehead atoms. The third-order valence-electron chi connectivity index (χ3n) is 4.58. The van der Waals surface area contributed by atoms with E-state index in [4.69, 9.17) is 5.11 Å². The smallest absolute Gasteiger partial charge is 0.339 e. The Hall–Kier alpha value is -3.36. The van der Waals surface area contributed by atoms with Crippen LogP contribution in [-0.4, -0.2) is 53.0 Å². The first-order valence-corrected chi connectivity index (χ1v) is 9.16. The average Bonchev–Trinajstić information content (AvgIpc) is 3.35. The van der Waals surface area contributed by atoms with Gasteiger partial charge in [-0.2, -0.15) is 0 Å². The van der Waals surface area contributed by atoms with Gasteiger partial charge in [-0.1, -0.05) is 0 Å². The van der Waals surface area contributed by atoms with E-state index in [-0.39, 0.29) is 18.2 Å². The number of carbonyl (C=O) groups is 4. The highest BCUT2D eigenvalue weighted by Gasteiger charge is 2.24. The van der Waals surface area contributed by atoms with Crippen molar-refractivity contribution in [2.75, 3.05) is 14.2 Å². The van der Waals surface area contributed by atoms with Crippen LogP contribution in [0.1, 0.15) is 68.0 Å². The number of carboxylic acid groups (broad SMARTS) is 1. The Morgan fingerprint density at radius 1 is 1.03 bits per heavy atom. The molecule has 0 saturated heterocycles. The van der Waals surface area contributed by atoms with E-state index in [1.165, 1.54) is 14.2 Å². The van der Waals surface area contributed by atoms with Gasteiger partial charge in [-0.15, -0.1) is 0 Å². The maximum Gasteiger partial charge on any atom is 0.339 e. The molecular formula is C20H24N2O7. The van der Waals surface area contributed by atoms with Crippen molar-refractivity contribution >= 4 is 23.7 Å². The van der Waals surface area contributed by atoms with Crippen molar-refractivity contribution < 1.29 is 33.8 Å². The van der Waals surface area contributed by atoms with Crippen LogP contribution in [0, 0.1) is 0 Å². The Kier molecular flexibility index (Phi) is 7.76. The first-order chi connectivity index (χ1) is 13.9. The fraction of sp³-hybridized carbons (Fsp3) is 0.400. The number of rotatable bonds is 6. The molecule has 0 aromatic carbocycles. The van der Waals surface area contributed by atoms with Gasteiger partial charge in [-0.05, 0) is 36.8 Å². The maximum absolute atomic E-state index is 11.4. The molecule has 2 aromatic rings. The lowest BCUT2D eigenvalue weighted by Crippen LogP contribution is -2.12. The van der Waals surface area contributed by atoms with Crippen molar-refractivity contribution in [3.8, 4) is 0 Å². The summed E-state index contributed by atoms with van der Waals surface area (Å²) < 4.78 is 9.21. The summed E-state index contributed by atoms with van der Waals surface area (Å²) in [5.74, 6) is -1.52. The van der Waals surface area contributed by atoms with E-state index in [1.807, 2.05) is 0 Å². The number of nitrogens with one attached hydrogen (secondary N) is 2. The molecule has 9 nitrogen and oxygen atoms in total. The molecule has 0 aliphatic heterocycles. The highest BCUT2D eigenvalue weighted by atomic mass is 16.5. The molecule has 2 heterocycles. The zero-order chi connectivity index (χ0) is 21.4. The van der Waals surface area contributed by atoms with E-state index in [0.29, 0.717) is 36.1 Å². The van der Waals surface area contributed by atoms with Gasteiger partial charge in [-0.3, -0.25) is 9.59 Å². The highest BCUT2D eigenvalue weighted by Crippen LogP contribution is 2.24. The van der Waals surface area contributed by atoms with Crippen molar-refractivity contribution in [2.45, 2.75) is 38.5 Å². The van der Waals surface area contributed by atoms with Crippen molar-refractivity contribution in [2.24, 2.45) is 0 Å². The Labute approximate surface area is 167 Å². The van der Waals surface area contributed by atoms with Gasteiger partial charge in [0, 0.05) is 31.4 Å². The molecule has 3 N–H and O–H groups in total. The van der Waals surface area contributed by atoms with Crippen LogP contribution in [0.25, 0.3) is 0 Å². The molecule has 2 aromatic heterocycles. The number of carbonyl (C=O) groups excluding carboxylic acids is 3. The van der Waals surface area contributed by atoms with Gasteiger partial charge in [0.15, 0.2) is 5.78 Å². The van der Waals surface area contributed by atoms with Crippen LogP contribution in [0.3, 0.4) is 0 Å². The van der Waals surface area contributed by atoms with Crippen molar-refractivity contribution in [3.63, 3.8) is 0 Å². The van der Waals surface area contributed by atoms with E-state index >= 15 is 0 Å². The molecule has 0 spiro atoms. The Morgan fingerprint density at radius 3 is 2.38 bits per heavy atom. The lowest BCUT2D eigenvalue weighted by Gasteiger charge is -2.10. The molecule has 29 heavy (non-hydrogen) atoms. The minimum Gasteiger partial charge on any atom is -0.481 e. The summed E-state index contributed by atoms with van der Waals surface area (Å²) in [6.07, 6.45) is 8.12. The van der Waals surface area contributed by atoms with Gasteiger partial charge in [0.25, 0.3) is 0 Å². The summed E-state index contributed by atoms with van der Waals surface area (Å²) in [6, 6.07) is 0. The zero-order valence-electron chi connectivity index (χ0n) is 16.4. The van der Waals surface area contributed by atoms with Crippen LogP contribution in [0.15, 0.2) is 18.6 Å². The number of aliphatic carboxylic acids is 1. The third kappa shape index (κ3) is 5.56. The molecule has 0 fully saturated rings. The summed E-state index contributed by atoms with van der Waals surface area (Å²) in [4.78, 5) is 49.9. The predicted molar refractivity (Wildman–Crippen MR) is 102 cm³/mol. The molecule has 156 valence electrons. The zero-order valence-corrected chi connectivity index (χ0v) is 16.4. The average molecular weight is 404 g/mol. The lowest BCUT2D eigenvalue weighted by atomic mass is 9.94. The number of fused-ring (bicyclic) bond motifs is 1. The number of methoxy groups -OCH3 is 2. The van der Waals surface area contributed by atoms with Crippen LogP contribution in [0.5, 0.6) is 0 Å². The molecule has 0 atom stereocenters. The van der Waals surface area contributed by atoms with Gasteiger partial charge in [-0.25, -0.2) is 9.59 Å². The normalized spacial score (nSPS) is 12.4. The topological polar surface area (TPSA) is 139 Å². The second kappa shape index (κ2) is 10.3. The largest absolute Gasteiger partial charge is 0.481 e. The van der Waals surface area contributed by atoms with Crippen molar-refractivity contribution in [3.05, 3.63) is 46.5 Å². The number of hydrogen-bond donors (Lipinski definition) is 3. The Bertz CT molecular complexity index is 895. The second-order valence-corrected chi connectivity index (χ2v) is 6.46. The first-order valence-electron chi connectivity index (χ1n) is 9.16. The van der Waals surface area contributed by atoms with Crippen LogP contribution in [0.2, 0.25) is 0 Å². The number of esters is 2. The van der Waals surface area contributed by atoms with E-state index < -0.39 is 11.9 Å². The lowest BCUT2D eigenvalue weighted by molar-refractivity contribution is -0.137. The summed E-state index contributed by atoms with van der Waals surface area (Å²) in [5.41, 5.74) is 3.16. The minimum absolute atomic E-state index is 0.0846. The van der Waals surface area contributed by atoms with Crippen LogP contribution in [0.4, 0.5) is 0 Å². The van der Waals surface area contributed by atoms with Gasteiger partial charge >= 0.3 is 17.9 Å². The SMILES string of the molecule is COC(=O)c1c[nH]c2c1CCCC2=O.COC(=O)c1c[nH]cc1CCCC(=O)O. The van der Waals surface area contributed by atoms with E-state index in [1.54, 1.807) is 18.6 Å².